The summed E-state index contributed by atoms with van der Waals surface area (Å²) in [4.78, 5) is 12.2. The van der Waals surface area contributed by atoms with E-state index in [1.165, 1.54) is 0 Å². The normalized spacial score (nSPS) is 27.2. The number of carbonyl (C=O) groups is 1. The van der Waals surface area contributed by atoms with Crippen LogP contribution in [0, 0.1) is 18.7 Å². The van der Waals surface area contributed by atoms with Gasteiger partial charge in [-0.25, -0.2) is 4.39 Å². The fourth-order valence-corrected chi connectivity index (χ4v) is 3.38. The number of aryl methyl sites for hydroxylation is 1. The van der Waals surface area contributed by atoms with Gasteiger partial charge in [0, 0.05) is 11.5 Å². The van der Waals surface area contributed by atoms with Crippen molar-refractivity contribution in [3.8, 4) is 0 Å². The number of anilines is 1. The number of hydrogen-bond acceptors (Lipinski definition) is 2. The van der Waals surface area contributed by atoms with Crippen LogP contribution in [0.1, 0.15) is 43.2 Å². The third-order valence-corrected chi connectivity index (χ3v) is 4.53. The lowest BCUT2D eigenvalue weighted by Gasteiger charge is -2.33. The molecule has 0 saturated heterocycles. The van der Waals surface area contributed by atoms with E-state index in [-0.39, 0.29) is 11.6 Å². The number of nitrogens with one attached hydrogen (secondary N) is 1. The summed E-state index contributed by atoms with van der Waals surface area (Å²) in [6, 6.07) is 3.31. The van der Waals surface area contributed by atoms with Gasteiger partial charge in [0.25, 0.3) is 5.91 Å². The molecule has 2 aliphatic rings. The standard InChI is InChI=1S/C15H18FNO2/c1-9-7-8-11-13(12(9)16)17-14(18)15(11,19)10-5-3-2-4-6-10/h7-8,10,19H,2-6H2,1H3,(H,17,18). The van der Waals surface area contributed by atoms with Gasteiger partial charge in [-0.3, -0.25) is 4.79 Å². The molecule has 1 saturated carbocycles. The molecule has 102 valence electrons. The molecule has 4 heteroatoms. The van der Waals surface area contributed by atoms with E-state index in [4.69, 9.17) is 0 Å². The number of benzene rings is 1. The number of rotatable bonds is 1. The second kappa shape index (κ2) is 4.30. The minimum atomic E-state index is -1.55. The number of hydrogen-bond donors (Lipinski definition) is 2. The lowest BCUT2D eigenvalue weighted by Crippen LogP contribution is -2.42. The van der Waals surface area contributed by atoms with E-state index in [2.05, 4.69) is 5.32 Å². The van der Waals surface area contributed by atoms with Crippen molar-refractivity contribution in [3.63, 3.8) is 0 Å². The first-order valence-electron chi connectivity index (χ1n) is 6.88. The van der Waals surface area contributed by atoms with Crippen molar-refractivity contribution in [2.24, 2.45) is 5.92 Å². The van der Waals surface area contributed by atoms with E-state index in [1.54, 1.807) is 19.1 Å². The average molecular weight is 263 g/mol. The molecule has 1 heterocycles. The van der Waals surface area contributed by atoms with Gasteiger partial charge >= 0.3 is 0 Å². The lowest BCUT2D eigenvalue weighted by atomic mass is 9.74. The molecule has 0 radical (unpaired) electrons. The Morgan fingerprint density at radius 1 is 1.32 bits per heavy atom. The third-order valence-electron chi connectivity index (χ3n) is 4.53. The third kappa shape index (κ3) is 1.70. The Kier molecular flexibility index (Phi) is 2.86. The summed E-state index contributed by atoms with van der Waals surface area (Å²) in [7, 11) is 0. The van der Waals surface area contributed by atoms with Crippen molar-refractivity contribution >= 4 is 11.6 Å². The van der Waals surface area contributed by atoms with E-state index in [1.807, 2.05) is 0 Å². The Bertz CT molecular complexity index is 537. The van der Waals surface area contributed by atoms with E-state index < -0.39 is 17.3 Å². The summed E-state index contributed by atoms with van der Waals surface area (Å²) in [5, 5.41) is 13.4. The first kappa shape index (κ1) is 12.6. The number of amides is 1. The topological polar surface area (TPSA) is 49.3 Å². The summed E-state index contributed by atoms with van der Waals surface area (Å²) >= 11 is 0. The zero-order valence-corrected chi connectivity index (χ0v) is 11.0. The minimum absolute atomic E-state index is 0.107. The molecular formula is C15H18FNO2. The fraction of sp³-hybridized carbons (Fsp3) is 0.533. The predicted octanol–water partition coefficient (Wildman–Crippen LogP) is 2.85. The van der Waals surface area contributed by atoms with Crippen molar-refractivity contribution in [1.29, 1.82) is 0 Å². The molecule has 1 aliphatic heterocycles. The first-order chi connectivity index (χ1) is 9.05. The van der Waals surface area contributed by atoms with E-state index in [0.717, 1.165) is 32.1 Å². The fourth-order valence-electron chi connectivity index (χ4n) is 3.38. The molecule has 1 aromatic rings. The van der Waals surface area contributed by atoms with Crippen LogP contribution in [0.2, 0.25) is 0 Å². The van der Waals surface area contributed by atoms with Crippen LogP contribution in [0.4, 0.5) is 10.1 Å². The molecule has 1 atom stereocenters. The van der Waals surface area contributed by atoms with Crippen molar-refractivity contribution in [1.82, 2.24) is 0 Å². The largest absolute Gasteiger partial charge is 0.375 e. The summed E-state index contributed by atoms with van der Waals surface area (Å²) < 4.78 is 14.1. The molecular weight excluding hydrogens is 245 g/mol. The van der Waals surface area contributed by atoms with Gasteiger partial charge in [-0.15, -0.1) is 0 Å². The molecule has 0 spiro atoms. The van der Waals surface area contributed by atoms with Crippen LogP contribution >= 0.6 is 0 Å². The van der Waals surface area contributed by atoms with Gasteiger partial charge in [-0.05, 0) is 25.3 Å². The molecule has 1 fully saturated rings. The van der Waals surface area contributed by atoms with Crippen LogP contribution in [0.3, 0.4) is 0 Å². The van der Waals surface area contributed by atoms with E-state index in [0.29, 0.717) is 11.1 Å². The maximum atomic E-state index is 14.1. The molecule has 19 heavy (non-hydrogen) atoms. The zero-order valence-electron chi connectivity index (χ0n) is 11.0. The number of carbonyl (C=O) groups excluding carboxylic acids is 1. The van der Waals surface area contributed by atoms with Gasteiger partial charge in [0.2, 0.25) is 0 Å². The highest BCUT2D eigenvalue weighted by Crippen LogP contribution is 2.47. The number of fused-ring (bicyclic) bond motifs is 1. The molecule has 1 aromatic carbocycles. The highest BCUT2D eigenvalue weighted by molar-refractivity contribution is 6.05. The van der Waals surface area contributed by atoms with Crippen LogP contribution in [-0.2, 0) is 10.4 Å². The quantitative estimate of drug-likeness (QED) is 0.818. The second-order valence-electron chi connectivity index (χ2n) is 5.67. The van der Waals surface area contributed by atoms with E-state index >= 15 is 0 Å². The summed E-state index contributed by atoms with van der Waals surface area (Å²) in [6.07, 6.45) is 4.81. The molecule has 1 amide bonds. The summed E-state index contributed by atoms with van der Waals surface area (Å²) in [5.41, 5.74) is -0.498. The van der Waals surface area contributed by atoms with Crippen LogP contribution < -0.4 is 5.32 Å². The Hall–Kier alpha value is -1.42. The van der Waals surface area contributed by atoms with Gasteiger partial charge in [0.05, 0.1) is 5.69 Å². The number of aliphatic hydroxyl groups is 1. The van der Waals surface area contributed by atoms with E-state index in [9.17, 15) is 14.3 Å². The second-order valence-corrected chi connectivity index (χ2v) is 5.67. The van der Waals surface area contributed by atoms with Crippen molar-refractivity contribution in [2.45, 2.75) is 44.6 Å². The SMILES string of the molecule is Cc1ccc2c(c1F)NC(=O)C2(O)C1CCCCC1. The van der Waals surface area contributed by atoms with Gasteiger partial charge in [-0.2, -0.15) is 0 Å². The molecule has 3 rings (SSSR count). The highest BCUT2D eigenvalue weighted by atomic mass is 19.1. The predicted molar refractivity (Wildman–Crippen MR) is 70.2 cm³/mol. The van der Waals surface area contributed by atoms with Gasteiger partial charge in [0.15, 0.2) is 5.60 Å². The zero-order chi connectivity index (χ0) is 13.6. The summed E-state index contributed by atoms with van der Waals surface area (Å²) in [5.74, 6) is -1.01. The lowest BCUT2D eigenvalue weighted by molar-refractivity contribution is -0.141. The van der Waals surface area contributed by atoms with Crippen LogP contribution in [0.25, 0.3) is 0 Å². The average Bonchev–Trinajstić information content (AvgIpc) is 2.69. The maximum absolute atomic E-state index is 14.1. The molecule has 2 N–H and O–H groups in total. The maximum Gasteiger partial charge on any atom is 0.261 e. The smallest absolute Gasteiger partial charge is 0.261 e. The van der Waals surface area contributed by atoms with Crippen LogP contribution in [0.15, 0.2) is 12.1 Å². The molecule has 1 unspecified atom stereocenters. The minimum Gasteiger partial charge on any atom is -0.375 e. The van der Waals surface area contributed by atoms with Gasteiger partial charge in [-0.1, -0.05) is 31.4 Å². The van der Waals surface area contributed by atoms with Crippen molar-refractivity contribution in [3.05, 3.63) is 29.1 Å². The van der Waals surface area contributed by atoms with Crippen molar-refractivity contribution < 1.29 is 14.3 Å². The summed E-state index contributed by atoms with van der Waals surface area (Å²) in [6.45, 7) is 1.65. The van der Waals surface area contributed by atoms with Crippen LogP contribution in [0.5, 0.6) is 0 Å². The Morgan fingerprint density at radius 3 is 2.68 bits per heavy atom. The first-order valence-corrected chi connectivity index (χ1v) is 6.88. The Balaban J connectivity index is 2.09. The number of halogens is 1. The molecule has 3 nitrogen and oxygen atoms in total. The van der Waals surface area contributed by atoms with Crippen molar-refractivity contribution in [2.75, 3.05) is 5.32 Å². The molecule has 0 aromatic heterocycles. The Labute approximate surface area is 111 Å². The van der Waals surface area contributed by atoms with Gasteiger partial charge in [0.1, 0.15) is 5.82 Å². The van der Waals surface area contributed by atoms with Gasteiger partial charge < -0.3 is 10.4 Å². The molecule has 1 aliphatic carbocycles. The Morgan fingerprint density at radius 2 is 2.00 bits per heavy atom. The molecule has 0 bridgehead atoms. The monoisotopic (exact) mass is 263 g/mol. The highest BCUT2D eigenvalue weighted by Gasteiger charge is 2.51. The van der Waals surface area contributed by atoms with Crippen LogP contribution in [-0.4, -0.2) is 11.0 Å².